The summed E-state index contributed by atoms with van der Waals surface area (Å²) in [5, 5.41) is 0. The van der Waals surface area contributed by atoms with Crippen molar-refractivity contribution in [2.45, 2.75) is 52.4 Å². The molecule has 1 aliphatic heterocycles. The van der Waals surface area contributed by atoms with E-state index in [1.165, 1.54) is 6.42 Å². The van der Waals surface area contributed by atoms with Crippen molar-refractivity contribution < 1.29 is 4.79 Å². The highest BCUT2D eigenvalue weighted by Crippen LogP contribution is 2.28. The van der Waals surface area contributed by atoms with Gasteiger partial charge in [0.15, 0.2) is 0 Å². The molecule has 2 N–H and O–H groups in total. The predicted molar refractivity (Wildman–Crippen MR) is 67.1 cm³/mol. The quantitative estimate of drug-likeness (QED) is 0.730. The number of hydrogen-bond donors (Lipinski definition) is 1. The molecule has 0 bridgehead atoms. The maximum absolute atomic E-state index is 11.9. The van der Waals surface area contributed by atoms with Crippen molar-refractivity contribution in [1.29, 1.82) is 0 Å². The van der Waals surface area contributed by atoms with Crippen LogP contribution in [-0.2, 0) is 4.79 Å². The molecule has 0 aliphatic carbocycles. The zero-order valence-corrected chi connectivity index (χ0v) is 10.8. The van der Waals surface area contributed by atoms with Gasteiger partial charge in [-0.1, -0.05) is 20.3 Å². The van der Waals surface area contributed by atoms with Gasteiger partial charge in [-0.15, -0.1) is 0 Å². The van der Waals surface area contributed by atoms with E-state index in [0.717, 1.165) is 45.3 Å². The number of likely N-dealkylation sites (tertiary alicyclic amines) is 1. The Hall–Kier alpha value is -0.570. The van der Waals surface area contributed by atoms with Gasteiger partial charge < -0.3 is 10.6 Å². The Morgan fingerprint density at radius 1 is 1.31 bits per heavy atom. The summed E-state index contributed by atoms with van der Waals surface area (Å²) in [6.45, 7) is 7.13. The Bertz CT molecular complexity index is 226. The van der Waals surface area contributed by atoms with E-state index < -0.39 is 0 Å². The van der Waals surface area contributed by atoms with Crippen LogP contribution in [0.2, 0.25) is 0 Å². The minimum absolute atomic E-state index is 0.311. The number of hydrogen-bond acceptors (Lipinski definition) is 2. The molecular formula is C13H26N2O. The van der Waals surface area contributed by atoms with Crippen molar-refractivity contribution in [3.8, 4) is 0 Å². The fourth-order valence-electron chi connectivity index (χ4n) is 2.39. The first-order chi connectivity index (χ1) is 7.55. The van der Waals surface area contributed by atoms with E-state index in [2.05, 4.69) is 13.8 Å². The van der Waals surface area contributed by atoms with Gasteiger partial charge in [0.05, 0.1) is 0 Å². The van der Waals surface area contributed by atoms with Crippen molar-refractivity contribution in [3.05, 3.63) is 0 Å². The van der Waals surface area contributed by atoms with Crippen LogP contribution >= 0.6 is 0 Å². The highest BCUT2D eigenvalue weighted by atomic mass is 16.2. The fourth-order valence-corrected chi connectivity index (χ4v) is 2.39. The molecule has 0 saturated carbocycles. The van der Waals surface area contributed by atoms with Gasteiger partial charge in [-0.3, -0.25) is 4.79 Å². The average molecular weight is 226 g/mol. The second kappa shape index (κ2) is 6.24. The number of nitrogens with zero attached hydrogens (tertiary/aromatic N) is 1. The monoisotopic (exact) mass is 226 g/mol. The summed E-state index contributed by atoms with van der Waals surface area (Å²) in [5.41, 5.74) is 5.74. The van der Waals surface area contributed by atoms with Crippen molar-refractivity contribution in [2.24, 2.45) is 11.1 Å². The van der Waals surface area contributed by atoms with Crippen LogP contribution in [0.3, 0.4) is 0 Å². The third kappa shape index (κ3) is 4.52. The lowest BCUT2D eigenvalue weighted by atomic mass is 9.84. The summed E-state index contributed by atoms with van der Waals surface area (Å²) in [7, 11) is 0. The highest BCUT2D eigenvalue weighted by molar-refractivity contribution is 5.76. The minimum atomic E-state index is 0.311. The normalized spacial score (nSPS) is 19.8. The van der Waals surface area contributed by atoms with Gasteiger partial charge in [0.1, 0.15) is 0 Å². The molecule has 1 heterocycles. The number of piperidine rings is 1. The van der Waals surface area contributed by atoms with E-state index in [1.54, 1.807) is 0 Å². The number of rotatable bonds is 5. The van der Waals surface area contributed by atoms with Crippen LogP contribution in [0, 0.1) is 5.41 Å². The van der Waals surface area contributed by atoms with Crippen LogP contribution in [-0.4, -0.2) is 30.4 Å². The van der Waals surface area contributed by atoms with Crippen molar-refractivity contribution in [1.82, 2.24) is 4.90 Å². The molecule has 3 heteroatoms. The first-order valence-electron chi connectivity index (χ1n) is 6.53. The molecule has 3 nitrogen and oxygen atoms in total. The molecule has 0 aromatic carbocycles. The summed E-state index contributed by atoms with van der Waals surface area (Å²) < 4.78 is 0. The second-order valence-corrected chi connectivity index (χ2v) is 5.68. The minimum Gasteiger partial charge on any atom is -0.342 e. The van der Waals surface area contributed by atoms with E-state index >= 15 is 0 Å². The molecule has 1 saturated heterocycles. The lowest BCUT2D eigenvalue weighted by molar-refractivity contribution is -0.134. The highest BCUT2D eigenvalue weighted by Gasteiger charge is 2.28. The van der Waals surface area contributed by atoms with Gasteiger partial charge in [-0.2, -0.15) is 0 Å². The molecule has 0 spiro atoms. The first kappa shape index (κ1) is 13.5. The molecule has 94 valence electrons. The fraction of sp³-hybridized carbons (Fsp3) is 0.923. The Balaban J connectivity index is 2.25. The molecule has 0 aromatic rings. The van der Waals surface area contributed by atoms with Gasteiger partial charge in [-0.25, -0.2) is 0 Å². The number of carbonyl (C=O) groups excluding carboxylic acids is 1. The Kier molecular flexibility index (Phi) is 5.26. The molecule has 0 unspecified atom stereocenters. The van der Waals surface area contributed by atoms with Crippen molar-refractivity contribution in [2.75, 3.05) is 19.6 Å². The van der Waals surface area contributed by atoms with Crippen LogP contribution in [0.15, 0.2) is 0 Å². The SMILES string of the molecule is CC1(C)CCCN(C(=O)CCCCCN)C1. The number of amides is 1. The molecule has 16 heavy (non-hydrogen) atoms. The Labute approximate surface area is 99.4 Å². The van der Waals surface area contributed by atoms with E-state index in [0.29, 0.717) is 17.7 Å². The average Bonchev–Trinajstić information content (AvgIpc) is 2.22. The molecule has 0 aromatic heterocycles. The third-order valence-corrected chi connectivity index (χ3v) is 3.35. The van der Waals surface area contributed by atoms with Crippen LogP contribution in [0.4, 0.5) is 0 Å². The summed E-state index contributed by atoms with van der Waals surface area (Å²) in [6, 6.07) is 0. The van der Waals surface area contributed by atoms with Gasteiger partial charge in [0.25, 0.3) is 0 Å². The molecule has 0 atom stereocenters. The smallest absolute Gasteiger partial charge is 0.222 e. The zero-order chi connectivity index (χ0) is 12.0. The van der Waals surface area contributed by atoms with Gasteiger partial charge in [-0.05, 0) is 37.6 Å². The van der Waals surface area contributed by atoms with E-state index in [4.69, 9.17) is 5.73 Å². The van der Waals surface area contributed by atoms with Crippen molar-refractivity contribution >= 4 is 5.91 Å². The Morgan fingerprint density at radius 3 is 2.69 bits per heavy atom. The summed E-state index contributed by atoms with van der Waals surface area (Å²) >= 11 is 0. The van der Waals surface area contributed by atoms with Gasteiger partial charge in [0.2, 0.25) is 5.91 Å². The van der Waals surface area contributed by atoms with Crippen LogP contribution in [0.5, 0.6) is 0 Å². The molecular weight excluding hydrogens is 200 g/mol. The van der Waals surface area contributed by atoms with Crippen LogP contribution in [0.1, 0.15) is 52.4 Å². The van der Waals surface area contributed by atoms with E-state index in [-0.39, 0.29) is 0 Å². The molecule has 1 aliphatic rings. The van der Waals surface area contributed by atoms with Gasteiger partial charge >= 0.3 is 0 Å². The standard InChI is InChI=1S/C13H26N2O/c1-13(2)8-6-10-15(11-13)12(16)7-4-3-5-9-14/h3-11,14H2,1-2H3. The lowest BCUT2D eigenvalue weighted by Crippen LogP contribution is -2.43. The summed E-state index contributed by atoms with van der Waals surface area (Å²) in [5.74, 6) is 0.338. The predicted octanol–water partition coefficient (Wildman–Crippen LogP) is 2.15. The van der Waals surface area contributed by atoms with E-state index in [1.807, 2.05) is 4.90 Å². The Morgan fingerprint density at radius 2 is 2.06 bits per heavy atom. The first-order valence-corrected chi connectivity index (χ1v) is 6.53. The van der Waals surface area contributed by atoms with Crippen molar-refractivity contribution in [3.63, 3.8) is 0 Å². The number of carbonyl (C=O) groups is 1. The number of unbranched alkanes of at least 4 members (excludes halogenated alkanes) is 2. The molecule has 1 amide bonds. The second-order valence-electron chi connectivity index (χ2n) is 5.68. The maximum Gasteiger partial charge on any atom is 0.222 e. The number of nitrogens with two attached hydrogens (primary N) is 1. The largest absolute Gasteiger partial charge is 0.342 e. The van der Waals surface area contributed by atoms with Crippen LogP contribution < -0.4 is 5.73 Å². The van der Waals surface area contributed by atoms with Gasteiger partial charge in [0, 0.05) is 19.5 Å². The van der Waals surface area contributed by atoms with E-state index in [9.17, 15) is 4.79 Å². The lowest BCUT2D eigenvalue weighted by Gasteiger charge is -2.38. The molecule has 1 rings (SSSR count). The summed E-state index contributed by atoms with van der Waals surface area (Å²) in [6.07, 6.45) is 6.22. The summed E-state index contributed by atoms with van der Waals surface area (Å²) in [4.78, 5) is 14.0. The third-order valence-electron chi connectivity index (χ3n) is 3.35. The maximum atomic E-state index is 11.9. The molecule has 1 fully saturated rings. The zero-order valence-electron chi connectivity index (χ0n) is 10.8. The topological polar surface area (TPSA) is 46.3 Å². The van der Waals surface area contributed by atoms with Crippen LogP contribution in [0.25, 0.3) is 0 Å². The molecule has 0 radical (unpaired) electrons.